The number of likely N-dealkylation sites (tertiary alicyclic amines) is 1. The van der Waals surface area contributed by atoms with E-state index >= 15 is 0 Å². The first-order valence-electron chi connectivity index (χ1n) is 7.53. The molecule has 2 heterocycles. The lowest BCUT2D eigenvalue weighted by atomic mass is 10.1. The van der Waals surface area contributed by atoms with Gasteiger partial charge in [-0.2, -0.15) is 0 Å². The van der Waals surface area contributed by atoms with Gasteiger partial charge < -0.3 is 5.32 Å². The molecule has 1 N–H and O–H groups in total. The van der Waals surface area contributed by atoms with Gasteiger partial charge in [-0.05, 0) is 50.8 Å². The van der Waals surface area contributed by atoms with Crippen LogP contribution in [-0.2, 0) is 0 Å². The number of pyridine rings is 1. The first-order chi connectivity index (χ1) is 9.08. The van der Waals surface area contributed by atoms with E-state index in [0.29, 0.717) is 18.0 Å². The molecular formula is C16H27N3. The molecule has 1 aliphatic rings. The SMILES string of the molecule is CC(C)CNc1ccc(C2CCCN2C(C)C)cn1. The van der Waals surface area contributed by atoms with Gasteiger partial charge in [0.25, 0.3) is 0 Å². The van der Waals surface area contributed by atoms with E-state index in [1.807, 2.05) is 6.20 Å². The van der Waals surface area contributed by atoms with Crippen molar-refractivity contribution in [1.29, 1.82) is 0 Å². The van der Waals surface area contributed by atoms with Gasteiger partial charge in [-0.25, -0.2) is 4.98 Å². The molecule has 1 atom stereocenters. The zero-order valence-corrected chi connectivity index (χ0v) is 12.7. The minimum atomic E-state index is 0.562. The molecule has 2 rings (SSSR count). The van der Waals surface area contributed by atoms with Crippen molar-refractivity contribution in [2.45, 2.75) is 52.6 Å². The number of nitrogens with one attached hydrogen (secondary N) is 1. The number of hydrogen-bond acceptors (Lipinski definition) is 3. The minimum Gasteiger partial charge on any atom is -0.370 e. The molecule has 0 aromatic carbocycles. The van der Waals surface area contributed by atoms with Crippen LogP contribution in [0.15, 0.2) is 18.3 Å². The Morgan fingerprint density at radius 1 is 1.32 bits per heavy atom. The van der Waals surface area contributed by atoms with Crippen LogP contribution in [0.3, 0.4) is 0 Å². The van der Waals surface area contributed by atoms with Crippen LogP contribution in [0.5, 0.6) is 0 Å². The molecule has 1 aliphatic heterocycles. The highest BCUT2D eigenvalue weighted by atomic mass is 15.2. The largest absolute Gasteiger partial charge is 0.370 e. The molecule has 1 saturated heterocycles. The summed E-state index contributed by atoms with van der Waals surface area (Å²) in [5.74, 6) is 1.64. The van der Waals surface area contributed by atoms with E-state index in [4.69, 9.17) is 0 Å². The first kappa shape index (κ1) is 14.3. The molecule has 1 aromatic heterocycles. The van der Waals surface area contributed by atoms with Gasteiger partial charge in [0.2, 0.25) is 0 Å². The lowest BCUT2D eigenvalue weighted by Gasteiger charge is -2.28. The number of anilines is 1. The van der Waals surface area contributed by atoms with Gasteiger partial charge in [-0.3, -0.25) is 4.90 Å². The van der Waals surface area contributed by atoms with E-state index in [9.17, 15) is 0 Å². The van der Waals surface area contributed by atoms with Crippen LogP contribution in [-0.4, -0.2) is 29.0 Å². The van der Waals surface area contributed by atoms with Crippen molar-refractivity contribution in [2.75, 3.05) is 18.4 Å². The second-order valence-electron chi connectivity index (χ2n) is 6.24. The lowest BCUT2D eigenvalue weighted by Crippen LogP contribution is -2.30. The van der Waals surface area contributed by atoms with Crippen LogP contribution in [0.25, 0.3) is 0 Å². The van der Waals surface area contributed by atoms with E-state index in [1.165, 1.54) is 24.9 Å². The molecule has 0 bridgehead atoms. The van der Waals surface area contributed by atoms with E-state index in [2.05, 4.69) is 55.0 Å². The second-order valence-corrected chi connectivity index (χ2v) is 6.24. The highest BCUT2D eigenvalue weighted by molar-refractivity contribution is 5.36. The van der Waals surface area contributed by atoms with Crippen molar-refractivity contribution < 1.29 is 0 Å². The highest BCUT2D eigenvalue weighted by Crippen LogP contribution is 2.33. The zero-order chi connectivity index (χ0) is 13.8. The highest BCUT2D eigenvalue weighted by Gasteiger charge is 2.27. The molecule has 0 aliphatic carbocycles. The normalized spacial score (nSPS) is 20.4. The third-order valence-corrected chi connectivity index (χ3v) is 3.82. The maximum Gasteiger partial charge on any atom is 0.125 e. The van der Waals surface area contributed by atoms with Gasteiger partial charge in [0.1, 0.15) is 5.82 Å². The van der Waals surface area contributed by atoms with Crippen molar-refractivity contribution in [3.05, 3.63) is 23.9 Å². The van der Waals surface area contributed by atoms with Crippen molar-refractivity contribution in [1.82, 2.24) is 9.88 Å². The predicted molar refractivity (Wildman–Crippen MR) is 81.4 cm³/mol. The molecule has 0 amide bonds. The van der Waals surface area contributed by atoms with Gasteiger partial charge in [-0.15, -0.1) is 0 Å². The number of aromatic nitrogens is 1. The van der Waals surface area contributed by atoms with Crippen molar-refractivity contribution in [2.24, 2.45) is 5.92 Å². The molecule has 1 fully saturated rings. The fourth-order valence-electron chi connectivity index (χ4n) is 2.78. The van der Waals surface area contributed by atoms with Crippen LogP contribution in [0.4, 0.5) is 5.82 Å². The first-order valence-corrected chi connectivity index (χ1v) is 7.53. The number of hydrogen-bond donors (Lipinski definition) is 1. The standard InChI is InChI=1S/C16H27N3/c1-12(2)10-17-16-8-7-14(11-18-16)15-6-5-9-19(15)13(3)4/h7-8,11-13,15H,5-6,9-10H2,1-4H3,(H,17,18). The smallest absolute Gasteiger partial charge is 0.125 e. The molecule has 3 nitrogen and oxygen atoms in total. The van der Waals surface area contributed by atoms with Crippen molar-refractivity contribution >= 4 is 5.82 Å². The Morgan fingerprint density at radius 2 is 2.11 bits per heavy atom. The van der Waals surface area contributed by atoms with E-state index in [-0.39, 0.29) is 0 Å². The topological polar surface area (TPSA) is 28.2 Å². The fourth-order valence-corrected chi connectivity index (χ4v) is 2.78. The molecule has 0 saturated carbocycles. The van der Waals surface area contributed by atoms with E-state index < -0.39 is 0 Å². The molecule has 106 valence electrons. The molecule has 1 unspecified atom stereocenters. The Labute approximate surface area is 117 Å². The molecule has 3 heteroatoms. The summed E-state index contributed by atoms with van der Waals surface area (Å²) in [7, 11) is 0. The second kappa shape index (κ2) is 6.38. The Hall–Kier alpha value is -1.09. The Bertz CT molecular complexity index is 383. The third-order valence-electron chi connectivity index (χ3n) is 3.82. The molecule has 0 spiro atoms. The summed E-state index contributed by atoms with van der Waals surface area (Å²) >= 11 is 0. The van der Waals surface area contributed by atoms with Crippen LogP contribution >= 0.6 is 0 Å². The van der Waals surface area contributed by atoms with Crippen LogP contribution in [0, 0.1) is 5.92 Å². The van der Waals surface area contributed by atoms with Gasteiger partial charge in [-0.1, -0.05) is 19.9 Å². The van der Waals surface area contributed by atoms with E-state index in [1.54, 1.807) is 0 Å². The minimum absolute atomic E-state index is 0.562. The summed E-state index contributed by atoms with van der Waals surface area (Å²) in [4.78, 5) is 7.13. The molecule has 1 aromatic rings. The van der Waals surface area contributed by atoms with Gasteiger partial charge in [0, 0.05) is 24.8 Å². The Balaban J connectivity index is 2.01. The maximum absolute atomic E-state index is 4.55. The number of rotatable bonds is 5. The van der Waals surface area contributed by atoms with Crippen molar-refractivity contribution in [3.63, 3.8) is 0 Å². The van der Waals surface area contributed by atoms with Crippen LogP contribution in [0.2, 0.25) is 0 Å². The maximum atomic E-state index is 4.55. The summed E-state index contributed by atoms with van der Waals surface area (Å²) in [6.07, 6.45) is 4.61. The Morgan fingerprint density at radius 3 is 2.68 bits per heavy atom. The quantitative estimate of drug-likeness (QED) is 0.876. The fraction of sp³-hybridized carbons (Fsp3) is 0.688. The number of nitrogens with zero attached hydrogens (tertiary/aromatic N) is 2. The summed E-state index contributed by atoms with van der Waals surface area (Å²) < 4.78 is 0. The summed E-state index contributed by atoms with van der Waals surface area (Å²) in [5, 5.41) is 3.37. The Kier molecular flexibility index (Phi) is 4.81. The summed E-state index contributed by atoms with van der Waals surface area (Å²) in [5.41, 5.74) is 1.36. The summed E-state index contributed by atoms with van der Waals surface area (Å²) in [6, 6.07) is 5.54. The van der Waals surface area contributed by atoms with Crippen LogP contribution in [0.1, 0.15) is 52.1 Å². The third kappa shape index (κ3) is 3.69. The van der Waals surface area contributed by atoms with Gasteiger partial charge in [0.15, 0.2) is 0 Å². The van der Waals surface area contributed by atoms with Gasteiger partial charge in [0.05, 0.1) is 0 Å². The lowest BCUT2D eigenvalue weighted by molar-refractivity contribution is 0.205. The molecule has 0 radical (unpaired) electrons. The monoisotopic (exact) mass is 261 g/mol. The van der Waals surface area contributed by atoms with Crippen LogP contribution < -0.4 is 5.32 Å². The van der Waals surface area contributed by atoms with Crippen molar-refractivity contribution in [3.8, 4) is 0 Å². The molecular weight excluding hydrogens is 234 g/mol. The average Bonchev–Trinajstić information content (AvgIpc) is 2.86. The van der Waals surface area contributed by atoms with Gasteiger partial charge >= 0.3 is 0 Å². The predicted octanol–water partition coefficient (Wildman–Crippen LogP) is 3.69. The summed E-state index contributed by atoms with van der Waals surface area (Å²) in [6.45, 7) is 11.2. The van der Waals surface area contributed by atoms with E-state index in [0.717, 1.165) is 12.4 Å². The molecule has 19 heavy (non-hydrogen) atoms. The average molecular weight is 261 g/mol. The zero-order valence-electron chi connectivity index (χ0n) is 12.7.